The van der Waals surface area contributed by atoms with E-state index < -0.39 is 0 Å². The molecule has 2 atom stereocenters. The predicted octanol–water partition coefficient (Wildman–Crippen LogP) is 4.48. The Balaban J connectivity index is 2.28. The molecule has 0 radical (unpaired) electrons. The second-order valence-corrected chi connectivity index (χ2v) is 5.77. The highest BCUT2D eigenvalue weighted by molar-refractivity contribution is 9.10. The van der Waals surface area contributed by atoms with E-state index in [9.17, 15) is 0 Å². The molecule has 0 aliphatic heterocycles. The molecule has 2 aromatic carbocycles. The minimum atomic E-state index is -0.169. The van der Waals surface area contributed by atoms with Crippen LogP contribution in [0.5, 0.6) is 5.75 Å². The molecule has 0 bridgehead atoms. The molecule has 0 amide bonds. The fourth-order valence-corrected chi connectivity index (χ4v) is 2.66. The maximum atomic E-state index is 6.13. The normalized spacial score (nSPS) is 13.8. The van der Waals surface area contributed by atoms with Gasteiger partial charge in [-0.3, -0.25) is 0 Å². The molecule has 0 saturated carbocycles. The van der Waals surface area contributed by atoms with Crippen LogP contribution in [-0.4, -0.2) is 6.04 Å². The first-order chi connectivity index (χ1) is 9.61. The van der Waals surface area contributed by atoms with Gasteiger partial charge in [0.2, 0.25) is 0 Å². The zero-order chi connectivity index (χ0) is 14.5. The van der Waals surface area contributed by atoms with Crippen LogP contribution >= 0.6 is 15.9 Å². The van der Waals surface area contributed by atoms with Crippen LogP contribution in [0.1, 0.15) is 31.1 Å². The van der Waals surface area contributed by atoms with Crippen molar-refractivity contribution in [3.63, 3.8) is 0 Å². The standard InChI is InChI=1S/C17H20BrNO/c1-3-13-7-6-8-14(11-13)20-17(12(2)19)15-9-4-5-10-16(15)18/h4-12,17H,3,19H2,1-2H3. The minimum Gasteiger partial charge on any atom is -0.484 e. The number of ether oxygens (including phenoxy) is 1. The van der Waals surface area contributed by atoms with Crippen molar-refractivity contribution in [1.82, 2.24) is 0 Å². The average molecular weight is 334 g/mol. The van der Waals surface area contributed by atoms with E-state index in [1.54, 1.807) is 0 Å². The Morgan fingerprint density at radius 3 is 2.55 bits per heavy atom. The van der Waals surface area contributed by atoms with E-state index in [0.29, 0.717) is 0 Å². The molecule has 0 aromatic heterocycles. The van der Waals surface area contributed by atoms with Crippen LogP contribution in [-0.2, 0) is 6.42 Å². The maximum Gasteiger partial charge on any atom is 0.140 e. The van der Waals surface area contributed by atoms with Gasteiger partial charge < -0.3 is 10.5 Å². The molecule has 0 saturated heterocycles. The highest BCUT2D eigenvalue weighted by Crippen LogP contribution is 2.30. The van der Waals surface area contributed by atoms with Gasteiger partial charge in [0.25, 0.3) is 0 Å². The second-order valence-electron chi connectivity index (χ2n) is 4.92. The number of rotatable bonds is 5. The van der Waals surface area contributed by atoms with Gasteiger partial charge in [0.1, 0.15) is 11.9 Å². The summed E-state index contributed by atoms with van der Waals surface area (Å²) in [5.74, 6) is 0.863. The lowest BCUT2D eigenvalue weighted by Gasteiger charge is -2.24. The summed E-state index contributed by atoms with van der Waals surface area (Å²) in [6, 6.07) is 16.1. The van der Waals surface area contributed by atoms with Crippen LogP contribution in [0.3, 0.4) is 0 Å². The summed E-state index contributed by atoms with van der Waals surface area (Å²) in [4.78, 5) is 0. The lowest BCUT2D eigenvalue weighted by atomic mass is 10.0. The van der Waals surface area contributed by atoms with Gasteiger partial charge >= 0.3 is 0 Å². The Kier molecular flexibility index (Phi) is 5.21. The summed E-state index contributed by atoms with van der Waals surface area (Å²) in [5, 5.41) is 0. The van der Waals surface area contributed by atoms with E-state index in [4.69, 9.17) is 10.5 Å². The fourth-order valence-electron chi connectivity index (χ4n) is 2.15. The molecule has 2 unspecified atom stereocenters. The van der Waals surface area contributed by atoms with Gasteiger partial charge in [-0.2, -0.15) is 0 Å². The summed E-state index contributed by atoms with van der Waals surface area (Å²) < 4.78 is 7.15. The van der Waals surface area contributed by atoms with Crippen LogP contribution < -0.4 is 10.5 Å². The summed E-state index contributed by atoms with van der Waals surface area (Å²) in [6.45, 7) is 4.10. The topological polar surface area (TPSA) is 35.2 Å². The first-order valence-electron chi connectivity index (χ1n) is 6.87. The molecule has 2 rings (SSSR count). The van der Waals surface area contributed by atoms with Crippen molar-refractivity contribution in [3.8, 4) is 5.75 Å². The molecule has 2 aromatic rings. The molecule has 0 fully saturated rings. The summed E-state index contributed by atoms with van der Waals surface area (Å²) >= 11 is 3.57. The van der Waals surface area contributed by atoms with Crippen molar-refractivity contribution in [2.45, 2.75) is 32.4 Å². The average Bonchev–Trinajstić information content (AvgIpc) is 2.45. The molecule has 106 valence electrons. The van der Waals surface area contributed by atoms with E-state index in [1.807, 2.05) is 43.3 Å². The summed E-state index contributed by atoms with van der Waals surface area (Å²) in [6.07, 6.45) is 0.826. The van der Waals surface area contributed by atoms with Crippen molar-refractivity contribution in [3.05, 3.63) is 64.1 Å². The van der Waals surface area contributed by atoms with E-state index in [0.717, 1.165) is 22.2 Å². The number of hydrogen-bond donors (Lipinski definition) is 1. The minimum absolute atomic E-state index is 0.0982. The maximum absolute atomic E-state index is 6.13. The molecular weight excluding hydrogens is 314 g/mol. The Morgan fingerprint density at radius 1 is 1.15 bits per heavy atom. The second kappa shape index (κ2) is 6.91. The molecule has 0 aliphatic carbocycles. The van der Waals surface area contributed by atoms with Gasteiger partial charge in [-0.05, 0) is 37.1 Å². The third-order valence-corrected chi connectivity index (χ3v) is 3.98. The van der Waals surface area contributed by atoms with Gasteiger partial charge in [-0.1, -0.05) is 53.2 Å². The quantitative estimate of drug-likeness (QED) is 0.875. The van der Waals surface area contributed by atoms with E-state index in [-0.39, 0.29) is 12.1 Å². The van der Waals surface area contributed by atoms with Gasteiger partial charge in [0.15, 0.2) is 0 Å². The zero-order valence-corrected chi connectivity index (χ0v) is 13.4. The molecule has 20 heavy (non-hydrogen) atoms. The highest BCUT2D eigenvalue weighted by atomic mass is 79.9. The molecular formula is C17H20BrNO. The Labute approximate surface area is 129 Å². The van der Waals surface area contributed by atoms with Crippen LogP contribution in [0.2, 0.25) is 0 Å². The number of aryl methyl sites for hydroxylation is 1. The van der Waals surface area contributed by atoms with Gasteiger partial charge in [0.05, 0.1) is 0 Å². The number of benzene rings is 2. The molecule has 3 heteroatoms. The van der Waals surface area contributed by atoms with Crippen molar-refractivity contribution in [2.75, 3.05) is 0 Å². The highest BCUT2D eigenvalue weighted by Gasteiger charge is 2.20. The Morgan fingerprint density at radius 2 is 1.90 bits per heavy atom. The van der Waals surface area contributed by atoms with Crippen LogP contribution in [0, 0.1) is 0 Å². The predicted molar refractivity (Wildman–Crippen MR) is 87.0 cm³/mol. The molecule has 0 heterocycles. The first kappa shape index (κ1) is 15.1. The van der Waals surface area contributed by atoms with Crippen LogP contribution in [0.25, 0.3) is 0 Å². The lowest BCUT2D eigenvalue weighted by molar-refractivity contribution is 0.179. The zero-order valence-electron chi connectivity index (χ0n) is 11.8. The van der Waals surface area contributed by atoms with Crippen molar-refractivity contribution >= 4 is 15.9 Å². The van der Waals surface area contributed by atoms with Gasteiger partial charge in [-0.15, -0.1) is 0 Å². The van der Waals surface area contributed by atoms with Crippen molar-refractivity contribution < 1.29 is 4.74 Å². The van der Waals surface area contributed by atoms with Gasteiger partial charge in [0, 0.05) is 16.1 Å². The smallest absolute Gasteiger partial charge is 0.140 e. The monoisotopic (exact) mass is 333 g/mol. The largest absolute Gasteiger partial charge is 0.484 e. The number of hydrogen-bond acceptors (Lipinski definition) is 2. The Hall–Kier alpha value is -1.32. The van der Waals surface area contributed by atoms with Crippen LogP contribution in [0.15, 0.2) is 53.0 Å². The SMILES string of the molecule is CCc1cccc(OC(c2ccccc2Br)C(C)N)c1. The van der Waals surface area contributed by atoms with Gasteiger partial charge in [-0.25, -0.2) is 0 Å². The van der Waals surface area contributed by atoms with E-state index >= 15 is 0 Å². The molecule has 2 nitrogen and oxygen atoms in total. The first-order valence-corrected chi connectivity index (χ1v) is 7.66. The van der Waals surface area contributed by atoms with Crippen molar-refractivity contribution in [2.24, 2.45) is 5.73 Å². The third-order valence-electron chi connectivity index (χ3n) is 3.26. The van der Waals surface area contributed by atoms with E-state index in [2.05, 4.69) is 35.0 Å². The van der Waals surface area contributed by atoms with Crippen molar-refractivity contribution in [1.29, 1.82) is 0 Å². The van der Waals surface area contributed by atoms with E-state index in [1.165, 1.54) is 5.56 Å². The molecule has 0 spiro atoms. The third kappa shape index (κ3) is 3.62. The summed E-state index contributed by atoms with van der Waals surface area (Å²) in [7, 11) is 0. The van der Waals surface area contributed by atoms with Crippen LogP contribution in [0.4, 0.5) is 0 Å². The molecule has 0 aliphatic rings. The Bertz CT molecular complexity index is 568. The summed E-state index contributed by atoms with van der Waals surface area (Å²) in [5.41, 5.74) is 8.45. The fraction of sp³-hybridized carbons (Fsp3) is 0.294. The number of nitrogens with two attached hydrogens (primary N) is 1. The number of halogens is 1. The lowest BCUT2D eigenvalue weighted by Crippen LogP contribution is -2.29. The molecule has 2 N–H and O–H groups in total.